The summed E-state index contributed by atoms with van der Waals surface area (Å²) in [5.41, 5.74) is 7.28. The molecule has 0 aliphatic carbocycles. The molecule has 0 saturated carbocycles. The number of aryl methyl sites for hydroxylation is 1. The first-order valence-electron chi connectivity index (χ1n) is 5.14. The summed E-state index contributed by atoms with van der Waals surface area (Å²) in [6, 6.07) is 4.67. The SMILES string of the molecule is Cn1cc([N+](=O)[O-])c2ccc(C(N)CO)cc21. The Morgan fingerprint density at radius 1 is 1.59 bits per heavy atom. The number of aliphatic hydroxyl groups is 1. The van der Waals surface area contributed by atoms with Gasteiger partial charge in [-0.2, -0.15) is 0 Å². The van der Waals surface area contributed by atoms with E-state index in [1.807, 2.05) is 0 Å². The number of nitrogens with zero attached hydrogens (tertiary/aromatic N) is 2. The fourth-order valence-electron chi connectivity index (χ4n) is 1.86. The molecule has 0 radical (unpaired) electrons. The molecule has 17 heavy (non-hydrogen) atoms. The number of aliphatic hydroxyl groups excluding tert-OH is 1. The standard InChI is InChI=1S/C11H13N3O3/c1-13-5-11(14(16)17)8-3-2-7(4-10(8)13)9(12)6-15/h2-5,9,15H,6,12H2,1H3. The summed E-state index contributed by atoms with van der Waals surface area (Å²) in [7, 11) is 1.74. The first-order chi connectivity index (χ1) is 8.04. The van der Waals surface area contributed by atoms with Gasteiger partial charge in [0.1, 0.15) is 0 Å². The molecule has 0 spiro atoms. The van der Waals surface area contributed by atoms with Gasteiger partial charge in [-0.25, -0.2) is 0 Å². The lowest BCUT2D eigenvalue weighted by molar-refractivity contribution is -0.383. The highest BCUT2D eigenvalue weighted by atomic mass is 16.6. The zero-order chi connectivity index (χ0) is 12.6. The van der Waals surface area contributed by atoms with Crippen LogP contribution in [0.4, 0.5) is 5.69 Å². The zero-order valence-electron chi connectivity index (χ0n) is 9.33. The Hall–Kier alpha value is -1.92. The third kappa shape index (κ3) is 1.88. The first-order valence-corrected chi connectivity index (χ1v) is 5.14. The largest absolute Gasteiger partial charge is 0.394 e. The van der Waals surface area contributed by atoms with Crippen LogP contribution in [0.3, 0.4) is 0 Å². The third-order valence-corrected chi connectivity index (χ3v) is 2.82. The Morgan fingerprint density at radius 3 is 2.88 bits per heavy atom. The van der Waals surface area contributed by atoms with E-state index in [0.29, 0.717) is 5.39 Å². The van der Waals surface area contributed by atoms with Crippen LogP contribution in [0.1, 0.15) is 11.6 Å². The summed E-state index contributed by atoms with van der Waals surface area (Å²) < 4.78 is 1.68. The summed E-state index contributed by atoms with van der Waals surface area (Å²) in [6.45, 7) is -0.155. The predicted octanol–water partition coefficient (Wildman–Crippen LogP) is 1.08. The van der Waals surface area contributed by atoms with Gasteiger partial charge in [-0.15, -0.1) is 0 Å². The fraction of sp³-hybridized carbons (Fsp3) is 0.273. The minimum absolute atomic E-state index is 0.0756. The second-order valence-corrected chi connectivity index (χ2v) is 3.95. The van der Waals surface area contributed by atoms with Gasteiger partial charge in [-0.3, -0.25) is 10.1 Å². The lowest BCUT2D eigenvalue weighted by Gasteiger charge is -2.08. The van der Waals surface area contributed by atoms with Gasteiger partial charge >= 0.3 is 0 Å². The van der Waals surface area contributed by atoms with Crippen molar-refractivity contribution in [3.63, 3.8) is 0 Å². The number of hydrogen-bond donors (Lipinski definition) is 2. The number of fused-ring (bicyclic) bond motifs is 1. The van der Waals surface area contributed by atoms with E-state index < -0.39 is 11.0 Å². The van der Waals surface area contributed by atoms with Crippen LogP contribution >= 0.6 is 0 Å². The number of aromatic nitrogens is 1. The van der Waals surface area contributed by atoms with Crippen LogP contribution < -0.4 is 5.73 Å². The van der Waals surface area contributed by atoms with Gasteiger partial charge in [0.25, 0.3) is 5.69 Å². The lowest BCUT2D eigenvalue weighted by atomic mass is 10.1. The number of rotatable bonds is 3. The van der Waals surface area contributed by atoms with E-state index >= 15 is 0 Å². The summed E-state index contributed by atoms with van der Waals surface area (Å²) in [5.74, 6) is 0. The van der Waals surface area contributed by atoms with E-state index in [2.05, 4.69) is 0 Å². The molecule has 3 N–H and O–H groups in total. The third-order valence-electron chi connectivity index (χ3n) is 2.82. The Kier molecular flexibility index (Phi) is 2.83. The van der Waals surface area contributed by atoms with Crippen molar-refractivity contribution >= 4 is 16.6 Å². The average molecular weight is 235 g/mol. The molecule has 0 fully saturated rings. The molecule has 90 valence electrons. The maximum atomic E-state index is 10.8. The summed E-state index contributed by atoms with van der Waals surface area (Å²) in [4.78, 5) is 10.4. The number of benzene rings is 1. The molecule has 1 heterocycles. The molecule has 2 rings (SSSR count). The average Bonchev–Trinajstić information content (AvgIpc) is 2.65. The molecule has 6 nitrogen and oxygen atoms in total. The van der Waals surface area contributed by atoms with Crippen molar-refractivity contribution in [1.29, 1.82) is 0 Å². The van der Waals surface area contributed by atoms with E-state index in [9.17, 15) is 10.1 Å². The predicted molar refractivity (Wildman–Crippen MR) is 63.6 cm³/mol. The lowest BCUT2D eigenvalue weighted by Crippen LogP contribution is -2.14. The summed E-state index contributed by atoms with van der Waals surface area (Å²) in [5, 5.41) is 20.4. The van der Waals surface area contributed by atoms with Crippen molar-refractivity contribution < 1.29 is 10.0 Å². The van der Waals surface area contributed by atoms with Crippen molar-refractivity contribution in [3.8, 4) is 0 Å². The zero-order valence-corrected chi connectivity index (χ0v) is 9.33. The van der Waals surface area contributed by atoms with Crippen LogP contribution in [0.15, 0.2) is 24.4 Å². The van der Waals surface area contributed by atoms with Crippen molar-refractivity contribution in [3.05, 3.63) is 40.1 Å². The topological polar surface area (TPSA) is 94.3 Å². The molecule has 0 aliphatic heterocycles. The molecular weight excluding hydrogens is 222 g/mol. The van der Waals surface area contributed by atoms with Gasteiger partial charge in [0.2, 0.25) is 0 Å². The Labute approximate surface area is 97.4 Å². The Balaban J connectivity index is 2.63. The molecule has 0 amide bonds. The minimum Gasteiger partial charge on any atom is -0.394 e. The van der Waals surface area contributed by atoms with Gasteiger partial charge in [-0.05, 0) is 17.7 Å². The number of nitrogens with two attached hydrogens (primary N) is 1. The van der Waals surface area contributed by atoms with E-state index in [0.717, 1.165) is 11.1 Å². The fourth-order valence-corrected chi connectivity index (χ4v) is 1.86. The molecule has 0 bridgehead atoms. The highest BCUT2D eigenvalue weighted by molar-refractivity contribution is 5.90. The molecular formula is C11H13N3O3. The second-order valence-electron chi connectivity index (χ2n) is 3.95. The van der Waals surface area contributed by atoms with Crippen molar-refractivity contribution in [2.24, 2.45) is 12.8 Å². The molecule has 1 unspecified atom stereocenters. The Morgan fingerprint density at radius 2 is 2.29 bits per heavy atom. The van der Waals surface area contributed by atoms with E-state index in [1.165, 1.54) is 6.20 Å². The van der Waals surface area contributed by atoms with Crippen LogP contribution in [0, 0.1) is 10.1 Å². The Bertz CT molecular complexity index is 577. The molecule has 1 aromatic carbocycles. The van der Waals surface area contributed by atoms with Crippen LogP contribution in [0.2, 0.25) is 0 Å². The molecule has 0 aliphatic rings. The maximum Gasteiger partial charge on any atom is 0.294 e. The minimum atomic E-state index is -0.464. The van der Waals surface area contributed by atoms with E-state index in [1.54, 1.807) is 29.8 Å². The highest BCUT2D eigenvalue weighted by Gasteiger charge is 2.17. The summed E-state index contributed by atoms with van der Waals surface area (Å²) >= 11 is 0. The van der Waals surface area contributed by atoms with Crippen LogP contribution in [0.25, 0.3) is 10.9 Å². The molecule has 1 aromatic heterocycles. The molecule has 6 heteroatoms. The molecule has 0 saturated heterocycles. The van der Waals surface area contributed by atoms with Gasteiger partial charge in [0.05, 0.1) is 34.7 Å². The quantitative estimate of drug-likeness (QED) is 0.614. The van der Waals surface area contributed by atoms with Crippen molar-refractivity contribution in [2.45, 2.75) is 6.04 Å². The van der Waals surface area contributed by atoms with Crippen LogP contribution in [0.5, 0.6) is 0 Å². The van der Waals surface area contributed by atoms with Crippen LogP contribution in [-0.4, -0.2) is 21.2 Å². The summed E-state index contributed by atoms with van der Waals surface area (Å²) in [6.07, 6.45) is 1.47. The van der Waals surface area contributed by atoms with Gasteiger partial charge in [-0.1, -0.05) is 6.07 Å². The molecule has 1 atom stereocenters. The van der Waals surface area contributed by atoms with Gasteiger partial charge < -0.3 is 15.4 Å². The van der Waals surface area contributed by atoms with E-state index in [-0.39, 0.29) is 12.3 Å². The number of hydrogen-bond acceptors (Lipinski definition) is 4. The smallest absolute Gasteiger partial charge is 0.294 e. The normalized spacial score (nSPS) is 12.9. The van der Waals surface area contributed by atoms with Crippen molar-refractivity contribution in [1.82, 2.24) is 4.57 Å². The number of nitro groups is 1. The van der Waals surface area contributed by atoms with E-state index in [4.69, 9.17) is 10.8 Å². The monoisotopic (exact) mass is 235 g/mol. The first kappa shape index (κ1) is 11.6. The maximum absolute atomic E-state index is 10.8. The molecule has 2 aromatic rings. The van der Waals surface area contributed by atoms with Crippen LogP contribution in [-0.2, 0) is 7.05 Å². The van der Waals surface area contributed by atoms with Gasteiger partial charge in [0, 0.05) is 7.05 Å². The van der Waals surface area contributed by atoms with Gasteiger partial charge in [0.15, 0.2) is 0 Å². The van der Waals surface area contributed by atoms with Crippen molar-refractivity contribution in [2.75, 3.05) is 6.61 Å². The highest BCUT2D eigenvalue weighted by Crippen LogP contribution is 2.28. The second kappa shape index (κ2) is 4.15.